The predicted octanol–water partition coefficient (Wildman–Crippen LogP) is 1.27. The van der Waals surface area contributed by atoms with Crippen LogP contribution in [0.3, 0.4) is 0 Å². The van der Waals surface area contributed by atoms with E-state index in [1.165, 1.54) is 0 Å². The van der Waals surface area contributed by atoms with Crippen molar-refractivity contribution < 1.29 is 13.2 Å². The fourth-order valence-electron chi connectivity index (χ4n) is 1.53. The van der Waals surface area contributed by atoms with E-state index in [9.17, 15) is 8.42 Å². The molecule has 19 heavy (non-hydrogen) atoms. The van der Waals surface area contributed by atoms with Crippen LogP contribution in [0.1, 0.15) is 5.56 Å². The van der Waals surface area contributed by atoms with Crippen molar-refractivity contribution in [1.29, 1.82) is 0 Å². The van der Waals surface area contributed by atoms with Gasteiger partial charge in [0, 0.05) is 31.2 Å². The van der Waals surface area contributed by atoms with Gasteiger partial charge >= 0.3 is 0 Å². The normalized spacial score (nSPS) is 11.7. The maximum Gasteiger partial charge on any atom is 0.240 e. The molecule has 0 aliphatic rings. The third-order valence-corrected chi connectivity index (χ3v) is 5.05. The Morgan fingerprint density at radius 3 is 2.68 bits per heavy atom. The standard InChI is InChI=1S/C12H19BrN2O3S/c1-10-11(13)4-3-5-12(10)19(16,17)15-7-6-14-8-9-18-2/h3-5,14-15H,6-9H2,1-2H3. The monoisotopic (exact) mass is 350 g/mol. The number of ether oxygens (including phenoxy) is 1. The Morgan fingerprint density at radius 2 is 2.00 bits per heavy atom. The first-order chi connectivity index (χ1) is 8.99. The Morgan fingerprint density at radius 1 is 1.26 bits per heavy atom. The second-order valence-electron chi connectivity index (χ2n) is 4.00. The number of methoxy groups -OCH3 is 1. The highest BCUT2D eigenvalue weighted by molar-refractivity contribution is 9.10. The molecule has 0 radical (unpaired) electrons. The van der Waals surface area contributed by atoms with Crippen LogP contribution in [-0.4, -0.2) is 41.8 Å². The minimum Gasteiger partial charge on any atom is -0.383 e. The molecule has 0 saturated carbocycles. The predicted molar refractivity (Wildman–Crippen MR) is 78.8 cm³/mol. The van der Waals surface area contributed by atoms with E-state index in [1.54, 1.807) is 26.2 Å². The van der Waals surface area contributed by atoms with Gasteiger partial charge in [-0.15, -0.1) is 0 Å². The molecular weight excluding hydrogens is 332 g/mol. The summed E-state index contributed by atoms with van der Waals surface area (Å²) in [6.07, 6.45) is 0. The number of halogens is 1. The Kier molecular flexibility index (Phi) is 6.95. The van der Waals surface area contributed by atoms with Crippen LogP contribution in [0.15, 0.2) is 27.6 Å². The second kappa shape index (κ2) is 7.96. The number of sulfonamides is 1. The summed E-state index contributed by atoms with van der Waals surface area (Å²) in [7, 11) is -1.83. The first-order valence-corrected chi connectivity index (χ1v) is 8.21. The van der Waals surface area contributed by atoms with Crippen LogP contribution >= 0.6 is 15.9 Å². The van der Waals surface area contributed by atoms with Gasteiger partial charge in [0.15, 0.2) is 0 Å². The molecule has 0 amide bonds. The number of nitrogens with one attached hydrogen (secondary N) is 2. The average molecular weight is 351 g/mol. The van der Waals surface area contributed by atoms with Crippen molar-refractivity contribution in [2.75, 3.05) is 33.4 Å². The van der Waals surface area contributed by atoms with E-state index in [0.29, 0.717) is 36.7 Å². The third-order valence-electron chi connectivity index (χ3n) is 2.58. The van der Waals surface area contributed by atoms with Crippen molar-refractivity contribution in [3.8, 4) is 0 Å². The molecule has 0 fully saturated rings. The van der Waals surface area contributed by atoms with Crippen molar-refractivity contribution in [2.24, 2.45) is 0 Å². The lowest BCUT2D eigenvalue weighted by Crippen LogP contribution is -2.33. The SMILES string of the molecule is COCCNCCNS(=O)(=O)c1cccc(Br)c1C. The lowest BCUT2D eigenvalue weighted by atomic mass is 10.2. The Balaban J connectivity index is 2.54. The molecule has 7 heteroatoms. The van der Waals surface area contributed by atoms with Crippen molar-refractivity contribution >= 4 is 26.0 Å². The maximum atomic E-state index is 12.1. The minimum absolute atomic E-state index is 0.304. The summed E-state index contributed by atoms with van der Waals surface area (Å²) >= 11 is 3.33. The summed E-state index contributed by atoms with van der Waals surface area (Å²) in [6.45, 7) is 3.99. The van der Waals surface area contributed by atoms with Crippen LogP contribution in [-0.2, 0) is 14.8 Å². The zero-order valence-electron chi connectivity index (χ0n) is 11.1. The highest BCUT2D eigenvalue weighted by atomic mass is 79.9. The van der Waals surface area contributed by atoms with Crippen molar-refractivity contribution in [2.45, 2.75) is 11.8 Å². The Hall–Kier alpha value is -0.470. The van der Waals surface area contributed by atoms with E-state index in [0.717, 1.165) is 4.47 Å². The molecule has 5 nitrogen and oxygen atoms in total. The van der Waals surface area contributed by atoms with E-state index in [4.69, 9.17) is 4.74 Å². The van der Waals surface area contributed by atoms with Crippen LogP contribution in [0.25, 0.3) is 0 Å². The largest absolute Gasteiger partial charge is 0.383 e. The number of benzene rings is 1. The van der Waals surface area contributed by atoms with E-state index in [1.807, 2.05) is 6.07 Å². The number of rotatable bonds is 8. The van der Waals surface area contributed by atoms with Gasteiger partial charge in [-0.1, -0.05) is 22.0 Å². The Bertz CT molecular complexity index is 506. The molecule has 0 aliphatic carbocycles. The summed E-state index contributed by atoms with van der Waals surface area (Å²) in [5.74, 6) is 0. The van der Waals surface area contributed by atoms with Crippen LogP contribution in [0.4, 0.5) is 0 Å². The molecule has 0 atom stereocenters. The van der Waals surface area contributed by atoms with Crippen molar-refractivity contribution in [3.63, 3.8) is 0 Å². The van der Waals surface area contributed by atoms with Gasteiger partial charge in [0.05, 0.1) is 11.5 Å². The fraction of sp³-hybridized carbons (Fsp3) is 0.500. The molecular formula is C12H19BrN2O3S. The zero-order valence-corrected chi connectivity index (χ0v) is 13.5. The summed E-state index contributed by atoms with van der Waals surface area (Å²) < 4.78 is 32.5. The van der Waals surface area contributed by atoms with Crippen LogP contribution in [0.2, 0.25) is 0 Å². The molecule has 0 spiro atoms. The molecule has 1 aromatic rings. The van der Waals surface area contributed by atoms with Gasteiger partial charge in [0.2, 0.25) is 10.0 Å². The molecule has 0 aliphatic heterocycles. The van der Waals surface area contributed by atoms with Crippen molar-refractivity contribution in [1.82, 2.24) is 10.0 Å². The van der Waals surface area contributed by atoms with E-state index in [-0.39, 0.29) is 0 Å². The molecule has 0 heterocycles. The quantitative estimate of drug-likeness (QED) is 0.693. The zero-order chi connectivity index (χ0) is 14.3. The van der Waals surface area contributed by atoms with Gasteiger partial charge in [-0.25, -0.2) is 13.1 Å². The summed E-state index contributed by atoms with van der Waals surface area (Å²) in [4.78, 5) is 0.304. The first kappa shape index (κ1) is 16.6. The highest BCUT2D eigenvalue weighted by Gasteiger charge is 2.16. The van der Waals surface area contributed by atoms with Crippen LogP contribution < -0.4 is 10.0 Å². The summed E-state index contributed by atoms with van der Waals surface area (Å²) in [6, 6.07) is 5.13. The van der Waals surface area contributed by atoms with Gasteiger partial charge in [-0.3, -0.25) is 0 Å². The second-order valence-corrected chi connectivity index (χ2v) is 6.59. The van der Waals surface area contributed by atoms with E-state index < -0.39 is 10.0 Å². The summed E-state index contributed by atoms with van der Waals surface area (Å²) in [5, 5.41) is 3.08. The number of hydrogen-bond acceptors (Lipinski definition) is 4. The molecule has 0 saturated heterocycles. The third kappa shape index (κ3) is 5.19. The van der Waals surface area contributed by atoms with E-state index >= 15 is 0 Å². The fourth-order valence-corrected chi connectivity index (χ4v) is 3.32. The van der Waals surface area contributed by atoms with Crippen molar-refractivity contribution in [3.05, 3.63) is 28.2 Å². The topological polar surface area (TPSA) is 67.4 Å². The average Bonchev–Trinajstić information content (AvgIpc) is 2.36. The van der Waals surface area contributed by atoms with Gasteiger partial charge < -0.3 is 10.1 Å². The minimum atomic E-state index is -3.46. The molecule has 2 N–H and O–H groups in total. The van der Waals surface area contributed by atoms with Gasteiger partial charge in [0.1, 0.15) is 0 Å². The summed E-state index contributed by atoms with van der Waals surface area (Å²) in [5.41, 5.74) is 0.711. The molecule has 108 valence electrons. The lowest BCUT2D eigenvalue weighted by molar-refractivity contribution is 0.199. The number of hydrogen-bond donors (Lipinski definition) is 2. The molecule has 1 aromatic carbocycles. The van der Waals surface area contributed by atoms with Gasteiger partial charge in [-0.05, 0) is 24.6 Å². The molecule has 1 rings (SSSR count). The van der Waals surface area contributed by atoms with Gasteiger partial charge in [0.25, 0.3) is 0 Å². The molecule has 0 aromatic heterocycles. The highest BCUT2D eigenvalue weighted by Crippen LogP contribution is 2.22. The van der Waals surface area contributed by atoms with Gasteiger partial charge in [-0.2, -0.15) is 0 Å². The van der Waals surface area contributed by atoms with E-state index in [2.05, 4.69) is 26.0 Å². The Labute approximate surface area is 122 Å². The molecule has 0 unspecified atom stereocenters. The lowest BCUT2D eigenvalue weighted by Gasteiger charge is -2.10. The van der Waals surface area contributed by atoms with Crippen LogP contribution in [0, 0.1) is 6.92 Å². The smallest absolute Gasteiger partial charge is 0.240 e. The molecule has 0 bridgehead atoms. The maximum absolute atomic E-state index is 12.1. The van der Waals surface area contributed by atoms with Crippen LogP contribution in [0.5, 0.6) is 0 Å². The first-order valence-electron chi connectivity index (χ1n) is 5.93.